The summed E-state index contributed by atoms with van der Waals surface area (Å²) >= 11 is 1.90. The molecule has 2 aliphatic heterocycles. The second kappa shape index (κ2) is 7.90. The van der Waals surface area contributed by atoms with Crippen molar-refractivity contribution >= 4 is 23.6 Å². The number of pyridine rings is 1. The van der Waals surface area contributed by atoms with Crippen LogP contribution >= 0.6 is 11.8 Å². The summed E-state index contributed by atoms with van der Waals surface area (Å²) in [5.41, 5.74) is 0.600. The van der Waals surface area contributed by atoms with Gasteiger partial charge in [0, 0.05) is 56.6 Å². The smallest absolute Gasteiger partial charge is 0.255 e. The van der Waals surface area contributed by atoms with E-state index in [-0.39, 0.29) is 12.0 Å². The van der Waals surface area contributed by atoms with E-state index >= 15 is 0 Å². The van der Waals surface area contributed by atoms with Crippen LogP contribution in [0.15, 0.2) is 36.8 Å². The molecular formula is C18H21N5O2S. The molecule has 2 fully saturated rings. The molecule has 4 heterocycles. The highest BCUT2D eigenvalue weighted by Crippen LogP contribution is 2.22. The lowest BCUT2D eigenvalue weighted by molar-refractivity contribution is 0.0745. The molecular weight excluding hydrogens is 350 g/mol. The molecule has 0 spiro atoms. The molecule has 1 amide bonds. The average molecular weight is 371 g/mol. The first-order valence-corrected chi connectivity index (χ1v) is 9.97. The lowest BCUT2D eigenvalue weighted by Crippen LogP contribution is -2.49. The Morgan fingerprint density at radius 1 is 1.12 bits per heavy atom. The second-order valence-corrected chi connectivity index (χ2v) is 7.47. The predicted octanol–water partition coefficient (Wildman–Crippen LogP) is 1.72. The highest BCUT2D eigenvalue weighted by atomic mass is 32.2. The predicted molar refractivity (Wildman–Crippen MR) is 101 cm³/mol. The van der Waals surface area contributed by atoms with Gasteiger partial charge < -0.3 is 14.5 Å². The van der Waals surface area contributed by atoms with Crippen molar-refractivity contribution in [2.75, 3.05) is 42.6 Å². The first-order chi connectivity index (χ1) is 12.8. The molecule has 2 aromatic rings. The number of rotatable bonds is 4. The van der Waals surface area contributed by atoms with Gasteiger partial charge >= 0.3 is 0 Å². The van der Waals surface area contributed by atoms with Gasteiger partial charge in [0.1, 0.15) is 6.10 Å². The van der Waals surface area contributed by atoms with Crippen molar-refractivity contribution in [2.24, 2.45) is 0 Å². The van der Waals surface area contributed by atoms with Gasteiger partial charge in [-0.2, -0.15) is 11.8 Å². The Kier molecular flexibility index (Phi) is 5.19. The zero-order valence-electron chi connectivity index (χ0n) is 14.5. The van der Waals surface area contributed by atoms with Crippen molar-refractivity contribution in [1.29, 1.82) is 0 Å². The first kappa shape index (κ1) is 17.1. The molecule has 0 radical (unpaired) electrons. The van der Waals surface area contributed by atoms with E-state index < -0.39 is 0 Å². The molecule has 0 bridgehead atoms. The number of hydrogen-bond donors (Lipinski definition) is 0. The average Bonchev–Trinajstić information content (AvgIpc) is 3.22. The highest BCUT2D eigenvalue weighted by Gasteiger charge is 2.24. The van der Waals surface area contributed by atoms with Crippen LogP contribution in [0, 0.1) is 0 Å². The summed E-state index contributed by atoms with van der Waals surface area (Å²) in [6, 6.07) is 5.40. The van der Waals surface area contributed by atoms with Crippen molar-refractivity contribution in [3.8, 4) is 5.88 Å². The van der Waals surface area contributed by atoms with E-state index in [4.69, 9.17) is 4.74 Å². The van der Waals surface area contributed by atoms with E-state index in [1.807, 2.05) is 16.7 Å². The van der Waals surface area contributed by atoms with E-state index in [0.29, 0.717) is 30.5 Å². The maximum absolute atomic E-state index is 12.7. The van der Waals surface area contributed by atoms with Crippen LogP contribution in [0.2, 0.25) is 0 Å². The van der Waals surface area contributed by atoms with Gasteiger partial charge in [0.05, 0.1) is 5.56 Å². The Bertz CT molecular complexity index is 729. The molecule has 26 heavy (non-hydrogen) atoms. The van der Waals surface area contributed by atoms with E-state index in [2.05, 4.69) is 19.9 Å². The molecule has 1 atom stereocenters. The van der Waals surface area contributed by atoms with Gasteiger partial charge in [-0.25, -0.2) is 15.0 Å². The molecule has 2 saturated heterocycles. The topological polar surface area (TPSA) is 71.5 Å². The maximum atomic E-state index is 12.7. The fourth-order valence-corrected chi connectivity index (χ4v) is 4.19. The third-order valence-corrected chi connectivity index (χ3v) is 5.69. The van der Waals surface area contributed by atoms with Gasteiger partial charge in [-0.1, -0.05) is 0 Å². The van der Waals surface area contributed by atoms with Gasteiger partial charge in [0.2, 0.25) is 11.8 Å². The molecule has 0 unspecified atom stereocenters. The normalized spacial score (nSPS) is 20.2. The Balaban J connectivity index is 1.33. The Hall–Kier alpha value is -2.35. The molecule has 4 rings (SSSR count). The fourth-order valence-electron chi connectivity index (χ4n) is 3.10. The second-order valence-electron chi connectivity index (χ2n) is 6.32. The molecule has 136 valence electrons. The van der Waals surface area contributed by atoms with Crippen molar-refractivity contribution < 1.29 is 9.53 Å². The third kappa shape index (κ3) is 3.90. The van der Waals surface area contributed by atoms with Crippen molar-refractivity contribution in [1.82, 2.24) is 19.9 Å². The van der Waals surface area contributed by atoms with Crippen LogP contribution in [-0.4, -0.2) is 69.5 Å². The molecule has 0 saturated carbocycles. The van der Waals surface area contributed by atoms with Gasteiger partial charge in [0.25, 0.3) is 5.91 Å². The summed E-state index contributed by atoms with van der Waals surface area (Å²) in [6.45, 7) is 2.75. The molecule has 0 aliphatic carbocycles. The number of ether oxygens (including phenoxy) is 1. The summed E-state index contributed by atoms with van der Waals surface area (Å²) in [5.74, 6) is 3.47. The summed E-state index contributed by atoms with van der Waals surface area (Å²) < 4.78 is 5.84. The lowest BCUT2D eigenvalue weighted by Gasteiger charge is -2.34. The summed E-state index contributed by atoms with van der Waals surface area (Å²) in [4.78, 5) is 29.5. The summed E-state index contributed by atoms with van der Waals surface area (Å²) in [7, 11) is 0. The molecule has 7 nitrogen and oxygen atoms in total. The van der Waals surface area contributed by atoms with Crippen LogP contribution in [0.4, 0.5) is 5.95 Å². The van der Waals surface area contributed by atoms with Crippen molar-refractivity contribution in [2.45, 2.75) is 12.5 Å². The molecule has 2 aliphatic rings. The number of anilines is 1. The number of amides is 1. The van der Waals surface area contributed by atoms with E-state index in [1.54, 1.807) is 36.8 Å². The molecule has 0 N–H and O–H groups in total. The van der Waals surface area contributed by atoms with E-state index in [9.17, 15) is 4.79 Å². The van der Waals surface area contributed by atoms with E-state index in [0.717, 1.165) is 31.0 Å². The van der Waals surface area contributed by atoms with Crippen LogP contribution in [0.3, 0.4) is 0 Å². The monoisotopic (exact) mass is 371 g/mol. The number of carbonyl (C=O) groups excluding carboxylic acids is 1. The van der Waals surface area contributed by atoms with Crippen molar-refractivity contribution in [3.63, 3.8) is 0 Å². The minimum atomic E-state index is 0.00843. The summed E-state index contributed by atoms with van der Waals surface area (Å²) in [5, 5.41) is 0. The standard InChI is InChI=1S/C18H21N5O2S/c24-17(14-2-3-16(21-12-14)25-15-4-11-26-13-15)22-7-9-23(10-8-22)18-19-5-1-6-20-18/h1-3,5-6,12,15H,4,7-11,13H2/t15-/m1/s1. The van der Waals surface area contributed by atoms with Crippen LogP contribution in [0.5, 0.6) is 5.88 Å². The number of nitrogens with zero attached hydrogens (tertiary/aromatic N) is 5. The third-order valence-electron chi connectivity index (χ3n) is 4.56. The van der Waals surface area contributed by atoms with Crippen LogP contribution in [-0.2, 0) is 0 Å². The minimum Gasteiger partial charge on any atom is -0.473 e. The molecule has 0 aromatic carbocycles. The Morgan fingerprint density at radius 3 is 2.58 bits per heavy atom. The molecule has 2 aromatic heterocycles. The summed E-state index contributed by atoms with van der Waals surface area (Å²) in [6.07, 6.45) is 6.38. The number of hydrogen-bond acceptors (Lipinski definition) is 7. The zero-order chi connectivity index (χ0) is 17.8. The molecule has 8 heteroatoms. The number of aromatic nitrogens is 3. The Labute approximate surface area is 156 Å². The number of thioether (sulfide) groups is 1. The van der Waals surface area contributed by atoms with Crippen molar-refractivity contribution in [3.05, 3.63) is 42.4 Å². The minimum absolute atomic E-state index is 0.00843. The fraction of sp³-hybridized carbons (Fsp3) is 0.444. The van der Waals surface area contributed by atoms with Crippen LogP contribution in [0.25, 0.3) is 0 Å². The van der Waals surface area contributed by atoms with Crippen LogP contribution < -0.4 is 9.64 Å². The van der Waals surface area contributed by atoms with Gasteiger partial charge in [0.15, 0.2) is 0 Å². The highest BCUT2D eigenvalue weighted by molar-refractivity contribution is 7.99. The largest absolute Gasteiger partial charge is 0.473 e. The van der Waals surface area contributed by atoms with Gasteiger partial charge in [-0.3, -0.25) is 4.79 Å². The van der Waals surface area contributed by atoms with Gasteiger partial charge in [-0.15, -0.1) is 0 Å². The van der Waals surface area contributed by atoms with E-state index in [1.165, 1.54) is 0 Å². The van der Waals surface area contributed by atoms with Crippen LogP contribution in [0.1, 0.15) is 16.8 Å². The maximum Gasteiger partial charge on any atom is 0.255 e. The Morgan fingerprint density at radius 2 is 1.92 bits per heavy atom. The quantitative estimate of drug-likeness (QED) is 0.810. The zero-order valence-corrected chi connectivity index (χ0v) is 15.3. The SMILES string of the molecule is O=C(c1ccc(O[C@@H]2CCSC2)nc1)N1CCN(c2ncccn2)CC1. The van der Waals surface area contributed by atoms with Gasteiger partial charge in [-0.05, 0) is 24.3 Å². The first-order valence-electron chi connectivity index (χ1n) is 8.81. The number of carbonyl (C=O) groups is 1. The number of piperazine rings is 1. The lowest BCUT2D eigenvalue weighted by atomic mass is 10.2.